The number of rotatable bonds is 4. The Morgan fingerprint density at radius 3 is 2.48 bits per heavy atom. The Labute approximate surface area is 176 Å². The summed E-state index contributed by atoms with van der Waals surface area (Å²) >= 11 is 0. The van der Waals surface area contributed by atoms with E-state index in [2.05, 4.69) is 15.6 Å². The third-order valence-corrected chi connectivity index (χ3v) is 5.47. The van der Waals surface area contributed by atoms with Crippen molar-refractivity contribution < 1.29 is 22.4 Å². The molecule has 4 rings (SSSR count). The highest BCUT2D eigenvalue weighted by atomic mass is 19.4. The Bertz CT molecular complexity index is 1090. The van der Waals surface area contributed by atoms with Gasteiger partial charge in [-0.3, -0.25) is 4.79 Å². The van der Waals surface area contributed by atoms with Gasteiger partial charge >= 0.3 is 6.18 Å². The molecule has 3 aromatic rings. The molecule has 1 saturated carbocycles. The standard InChI is InChI=1S/C23H21F4N3O/c24-15-9-10-19-18(11-15)20(13-21(30-19)23(25,26)27)28-16-7-4-8-17(12-16)29-22(31)14-5-2-1-3-6-14/h1-3,5-6,9-11,13,16-17H,4,7-8,12H2,(H,28,30)(H,29,31). The van der Waals surface area contributed by atoms with E-state index in [0.717, 1.165) is 31.4 Å². The van der Waals surface area contributed by atoms with Crippen molar-refractivity contribution in [2.24, 2.45) is 0 Å². The van der Waals surface area contributed by atoms with Crippen LogP contribution in [0.2, 0.25) is 0 Å². The van der Waals surface area contributed by atoms with Crippen LogP contribution in [0.3, 0.4) is 0 Å². The first kappa shape index (κ1) is 21.1. The monoisotopic (exact) mass is 431 g/mol. The second kappa shape index (κ2) is 8.53. The number of halogens is 4. The zero-order valence-corrected chi connectivity index (χ0v) is 16.5. The third kappa shape index (κ3) is 4.95. The Hall–Kier alpha value is -3.16. The first-order valence-corrected chi connectivity index (χ1v) is 10.1. The number of alkyl halides is 3. The molecule has 162 valence electrons. The van der Waals surface area contributed by atoms with E-state index in [1.165, 1.54) is 12.1 Å². The van der Waals surface area contributed by atoms with Gasteiger partial charge in [0, 0.05) is 28.7 Å². The molecule has 2 atom stereocenters. The minimum Gasteiger partial charge on any atom is -0.382 e. The van der Waals surface area contributed by atoms with Gasteiger partial charge in [0.15, 0.2) is 0 Å². The van der Waals surface area contributed by atoms with E-state index in [-0.39, 0.29) is 29.2 Å². The number of anilines is 1. The fourth-order valence-electron chi connectivity index (χ4n) is 3.99. The predicted molar refractivity (Wildman–Crippen MR) is 110 cm³/mol. The molecule has 2 N–H and O–H groups in total. The molecule has 0 aliphatic heterocycles. The Morgan fingerprint density at radius 2 is 1.74 bits per heavy atom. The highest BCUT2D eigenvalue weighted by Crippen LogP contribution is 2.34. The van der Waals surface area contributed by atoms with Gasteiger partial charge < -0.3 is 10.6 Å². The maximum Gasteiger partial charge on any atom is 0.433 e. The lowest BCUT2D eigenvalue weighted by Gasteiger charge is -2.31. The number of carbonyl (C=O) groups is 1. The van der Waals surface area contributed by atoms with Gasteiger partial charge in [-0.1, -0.05) is 18.2 Å². The van der Waals surface area contributed by atoms with Gasteiger partial charge in [0.05, 0.1) is 5.52 Å². The Balaban J connectivity index is 1.54. The molecule has 2 aromatic carbocycles. The van der Waals surface area contributed by atoms with E-state index in [1.54, 1.807) is 24.3 Å². The van der Waals surface area contributed by atoms with Crippen molar-refractivity contribution in [3.8, 4) is 0 Å². The molecule has 0 bridgehead atoms. The second-order valence-electron chi connectivity index (χ2n) is 7.76. The molecular weight excluding hydrogens is 410 g/mol. The smallest absolute Gasteiger partial charge is 0.382 e. The van der Waals surface area contributed by atoms with Crippen LogP contribution >= 0.6 is 0 Å². The fraction of sp³-hybridized carbons (Fsp3) is 0.304. The number of pyridine rings is 1. The molecule has 1 heterocycles. The van der Waals surface area contributed by atoms with Crippen LogP contribution in [0.4, 0.5) is 23.2 Å². The van der Waals surface area contributed by atoms with Crippen molar-refractivity contribution in [3.63, 3.8) is 0 Å². The average Bonchev–Trinajstić information content (AvgIpc) is 2.74. The zero-order chi connectivity index (χ0) is 22.0. The maximum atomic E-state index is 13.8. The Kier molecular flexibility index (Phi) is 5.80. The molecule has 1 aliphatic carbocycles. The zero-order valence-electron chi connectivity index (χ0n) is 16.5. The summed E-state index contributed by atoms with van der Waals surface area (Å²) in [5.41, 5.74) is -0.206. The molecular formula is C23H21F4N3O. The minimum atomic E-state index is -4.61. The van der Waals surface area contributed by atoms with Crippen LogP contribution < -0.4 is 10.6 Å². The quantitative estimate of drug-likeness (QED) is 0.533. The lowest BCUT2D eigenvalue weighted by Crippen LogP contribution is -2.41. The second-order valence-corrected chi connectivity index (χ2v) is 7.76. The molecule has 31 heavy (non-hydrogen) atoms. The van der Waals surface area contributed by atoms with Crippen molar-refractivity contribution in [1.29, 1.82) is 0 Å². The summed E-state index contributed by atoms with van der Waals surface area (Å²) in [4.78, 5) is 16.1. The molecule has 4 nitrogen and oxygen atoms in total. The molecule has 1 amide bonds. The number of nitrogens with zero attached hydrogens (tertiary/aromatic N) is 1. The lowest BCUT2D eigenvalue weighted by atomic mass is 9.90. The molecule has 0 radical (unpaired) electrons. The van der Waals surface area contributed by atoms with Gasteiger partial charge in [-0.05, 0) is 62.1 Å². The largest absolute Gasteiger partial charge is 0.433 e. The molecule has 1 aliphatic rings. The van der Waals surface area contributed by atoms with Crippen LogP contribution in [0.15, 0.2) is 54.6 Å². The number of nitrogens with one attached hydrogen (secondary N) is 2. The van der Waals surface area contributed by atoms with Crippen LogP contribution in [-0.4, -0.2) is 23.0 Å². The van der Waals surface area contributed by atoms with Crippen LogP contribution in [-0.2, 0) is 6.18 Å². The van der Waals surface area contributed by atoms with E-state index < -0.39 is 17.7 Å². The molecule has 0 saturated heterocycles. The minimum absolute atomic E-state index is 0.0727. The number of amides is 1. The Morgan fingerprint density at radius 1 is 1.00 bits per heavy atom. The normalized spacial score (nSPS) is 19.2. The molecule has 1 aromatic heterocycles. The predicted octanol–water partition coefficient (Wildman–Crippen LogP) is 5.55. The summed E-state index contributed by atoms with van der Waals surface area (Å²) in [5.74, 6) is -0.726. The first-order chi connectivity index (χ1) is 14.8. The van der Waals surface area contributed by atoms with E-state index in [0.29, 0.717) is 17.4 Å². The lowest BCUT2D eigenvalue weighted by molar-refractivity contribution is -0.140. The van der Waals surface area contributed by atoms with Crippen molar-refractivity contribution in [1.82, 2.24) is 10.3 Å². The molecule has 2 unspecified atom stereocenters. The number of carbonyl (C=O) groups excluding carboxylic acids is 1. The fourth-order valence-corrected chi connectivity index (χ4v) is 3.99. The van der Waals surface area contributed by atoms with Crippen LogP contribution in [0.5, 0.6) is 0 Å². The van der Waals surface area contributed by atoms with Crippen LogP contribution in [0.1, 0.15) is 41.7 Å². The van der Waals surface area contributed by atoms with Gasteiger partial charge in [-0.15, -0.1) is 0 Å². The van der Waals surface area contributed by atoms with Crippen LogP contribution in [0, 0.1) is 5.82 Å². The van der Waals surface area contributed by atoms with E-state index in [9.17, 15) is 22.4 Å². The maximum absolute atomic E-state index is 13.8. The number of benzene rings is 2. The topological polar surface area (TPSA) is 54.0 Å². The van der Waals surface area contributed by atoms with Gasteiger partial charge in [-0.2, -0.15) is 13.2 Å². The van der Waals surface area contributed by atoms with Gasteiger partial charge in [0.25, 0.3) is 5.91 Å². The first-order valence-electron chi connectivity index (χ1n) is 10.1. The summed E-state index contributed by atoms with van der Waals surface area (Å²) in [6.07, 6.45) is -1.73. The summed E-state index contributed by atoms with van der Waals surface area (Å²) in [6, 6.07) is 13.0. The summed E-state index contributed by atoms with van der Waals surface area (Å²) in [7, 11) is 0. The van der Waals surface area contributed by atoms with E-state index >= 15 is 0 Å². The number of hydrogen-bond donors (Lipinski definition) is 2. The third-order valence-electron chi connectivity index (χ3n) is 5.47. The number of fused-ring (bicyclic) bond motifs is 1. The van der Waals surface area contributed by atoms with Crippen molar-refractivity contribution in [2.45, 2.75) is 43.9 Å². The van der Waals surface area contributed by atoms with Crippen LogP contribution in [0.25, 0.3) is 10.9 Å². The molecule has 0 spiro atoms. The highest BCUT2D eigenvalue weighted by Gasteiger charge is 2.34. The van der Waals surface area contributed by atoms with Gasteiger partial charge in [0.2, 0.25) is 0 Å². The van der Waals surface area contributed by atoms with Crippen molar-refractivity contribution in [3.05, 3.63) is 71.7 Å². The number of aromatic nitrogens is 1. The molecule has 8 heteroatoms. The van der Waals surface area contributed by atoms with Crippen molar-refractivity contribution >= 4 is 22.5 Å². The summed E-state index contributed by atoms with van der Waals surface area (Å²) in [5, 5.41) is 6.45. The van der Waals surface area contributed by atoms with E-state index in [4.69, 9.17) is 0 Å². The van der Waals surface area contributed by atoms with Gasteiger partial charge in [0.1, 0.15) is 11.5 Å². The van der Waals surface area contributed by atoms with Gasteiger partial charge in [-0.25, -0.2) is 9.37 Å². The molecule has 1 fully saturated rings. The number of hydrogen-bond acceptors (Lipinski definition) is 3. The summed E-state index contributed by atoms with van der Waals surface area (Å²) in [6.45, 7) is 0. The highest BCUT2D eigenvalue weighted by molar-refractivity contribution is 5.94. The SMILES string of the molecule is O=C(NC1CCCC(Nc2cc(C(F)(F)F)nc3ccc(F)cc23)C1)c1ccccc1. The summed E-state index contributed by atoms with van der Waals surface area (Å²) < 4.78 is 53.7. The van der Waals surface area contributed by atoms with E-state index in [1.807, 2.05) is 6.07 Å². The van der Waals surface area contributed by atoms with Crippen molar-refractivity contribution in [2.75, 3.05) is 5.32 Å². The average molecular weight is 431 g/mol.